The molecule has 0 fully saturated rings. The van der Waals surface area contributed by atoms with E-state index in [1.54, 1.807) is 19.2 Å². The van der Waals surface area contributed by atoms with Gasteiger partial charge in [-0.15, -0.1) is 11.3 Å². The maximum Gasteiger partial charge on any atom is 0.263 e. The van der Waals surface area contributed by atoms with Crippen molar-refractivity contribution < 1.29 is 14.3 Å². The van der Waals surface area contributed by atoms with E-state index < -0.39 is 5.91 Å². The van der Waals surface area contributed by atoms with Crippen LogP contribution in [0.2, 0.25) is 0 Å². The second-order valence-electron chi connectivity index (χ2n) is 8.66. The molecule has 9 heteroatoms. The summed E-state index contributed by atoms with van der Waals surface area (Å²) in [6, 6.07) is 25.1. The Labute approximate surface area is 229 Å². The SMILES string of the molecule is COc1cc(/C=N/NC(=O)Cn2cnc3scc(-c4ccccc4)c3c2=O)ccc1OCCc1ccccc1. The first-order valence-corrected chi connectivity index (χ1v) is 13.2. The molecule has 0 bridgehead atoms. The van der Waals surface area contributed by atoms with Gasteiger partial charge in [0.05, 0.1) is 31.6 Å². The molecule has 0 saturated heterocycles. The first kappa shape index (κ1) is 25.9. The smallest absolute Gasteiger partial charge is 0.263 e. The second kappa shape index (κ2) is 12.2. The maximum absolute atomic E-state index is 13.2. The van der Waals surface area contributed by atoms with Crippen LogP contribution in [-0.2, 0) is 17.8 Å². The number of nitrogens with one attached hydrogen (secondary N) is 1. The van der Waals surface area contributed by atoms with Gasteiger partial charge < -0.3 is 9.47 Å². The van der Waals surface area contributed by atoms with Crippen molar-refractivity contribution in [2.24, 2.45) is 5.10 Å². The summed E-state index contributed by atoms with van der Waals surface area (Å²) in [4.78, 5) is 30.7. The van der Waals surface area contributed by atoms with Crippen molar-refractivity contribution in [3.8, 4) is 22.6 Å². The minimum absolute atomic E-state index is 0.208. The highest BCUT2D eigenvalue weighted by molar-refractivity contribution is 7.17. The summed E-state index contributed by atoms with van der Waals surface area (Å²) in [6.07, 6.45) is 3.68. The molecule has 39 heavy (non-hydrogen) atoms. The van der Waals surface area contributed by atoms with E-state index in [1.165, 1.54) is 34.0 Å². The van der Waals surface area contributed by atoms with Crippen LogP contribution in [0.25, 0.3) is 21.3 Å². The fourth-order valence-electron chi connectivity index (χ4n) is 4.09. The van der Waals surface area contributed by atoms with Crippen molar-refractivity contribution in [1.82, 2.24) is 15.0 Å². The molecule has 0 aliphatic heterocycles. The Morgan fingerprint density at radius 1 is 1.05 bits per heavy atom. The molecule has 0 aliphatic rings. The van der Waals surface area contributed by atoms with E-state index in [0.29, 0.717) is 33.9 Å². The molecule has 2 aromatic heterocycles. The lowest BCUT2D eigenvalue weighted by Crippen LogP contribution is -2.30. The summed E-state index contributed by atoms with van der Waals surface area (Å²) in [5, 5.41) is 6.45. The zero-order chi connectivity index (χ0) is 27.0. The first-order valence-electron chi connectivity index (χ1n) is 12.3. The number of rotatable bonds is 10. The van der Waals surface area contributed by atoms with Crippen LogP contribution in [0.3, 0.4) is 0 Å². The summed E-state index contributed by atoms with van der Waals surface area (Å²) in [5.74, 6) is 0.744. The summed E-state index contributed by atoms with van der Waals surface area (Å²) in [6.45, 7) is 0.308. The van der Waals surface area contributed by atoms with Crippen LogP contribution in [0.1, 0.15) is 11.1 Å². The van der Waals surface area contributed by atoms with Gasteiger partial charge in [0, 0.05) is 17.4 Å². The summed E-state index contributed by atoms with van der Waals surface area (Å²) < 4.78 is 12.6. The van der Waals surface area contributed by atoms with E-state index in [9.17, 15) is 9.59 Å². The van der Waals surface area contributed by atoms with Crippen molar-refractivity contribution in [2.45, 2.75) is 13.0 Å². The zero-order valence-electron chi connectivity index (χ0n) is 21.2. The number of carbonyl (C=O) groups excluding carboxylic acids is 1. The van der Waals surface area contributed by atoms with Gasteiger partial charge >= 0.3 is 0 Å². The number of aromatic nitrogens is 2. The van der Waals surface area contributed by atoms with Crippen molar-refractivity contribution >= 4 is 33.7 Å². The molecule has 0 radical (unpaired) electrons. The molecule has 5 aromatic rings. The van der Waals surface area contributed by atoms with E-state index >= 15 is 0 Å². The maximum atomic E-state index is 13.2. The van der Waals surface area contributed by atoms with Gasteiger partial charge in [-0.3, -0.25) is 14.2 Å². The molecule has 1 N–H and O–H groups in total. The van der Waals surface area contributed by atoms with Crippen molar-refractivity contribution in [2.75, 3.05) is 13.7 Å². The lowest BCUT2D eigenvalue weighted by atomic mass is 10.1. The number of amides is 1. The van der Waals surface area contributed by atoms with E-state index in [-0.39, 0.29) is 12.1 Å². The highest BCUT2D eigenvalue weighted by Crippen LogP contribution is 2.30. The fraction of sp³-hybridized carbons (Fsp3) is 0.133. The molecule has 0 saturated carbocycles. The molecular weight excluding hydrogens is 512 g/mol. The third kappa shape index (κ3) is 6.22. The molecule has 8 nitrogen and oxygen atoms in total. The quantitative estimate of drug-likeness (QED) is 0.202. The van der Waals surface area contributed by atoms with Crippen molar-refractivity contribution in [1.29, 1.82) is 0 Å². The standard InChI is InChI=1S/C30H26N4O4S/c1-37-26-16-22(12-13-25(26)38-15-14-21-8-4-2-5-9-21)17-32-33-27(35)18-34-20-31-29-28(30(34)36)24(19-39-29)23-10-6-3-7-11-23/h2-13,16-17,19-20H,14-15,18H2,1H3,(H,33,35)/b32-17+. The summed E-state index contributed by atoms with van der Waals surface area (Å²) >= 11 is 1.40. The van der Waals surface area contributed by atoms with Crippen LogP contribution in [-0.4, -0.2) is 35.4 Å². The average Bonchev–Trinajstić information content (AvgIpc) is 3.41. The number of hydrogen-bond donors (Lipinski definition) is 1. The monoisotopic (exact) mass is 538 g/mol. The van der Waals surface area contributed by atoms with Crippen molar-refractivity contribution in [3.05, 3.63) is 112 Å². The zero-order valence-corrected chi connectivity index (χ0v) is 22.1. The van der Waals surface area contributed by atoms with Gasteiger partial charge in [-0.05, 0) is 34.9 Å². The van der Waals surface area contributed by atoms with Crippen LogP contribution in [0.5, 0.6) is 11.5 Å². The van der Waals surface area contributed by atoms with E-state index in [4.69, 9.17) is 9.47 Å². The second-order valence-corrected chi connectivity index (χ2v) is 9.52. The number of fused-ring (bicyclic) bond motifs is 1. The number of benzene rings is 3. The number of ether oxygens (including phenoxy) is 2. The molecule has 2 heterocycles. The van der Waals surface area contributed by atoms with Gasteiger partial charge in [-0.2, -0.15) is 5.10 Å². The molecule has 0 aliphatic carbocycles. The summed E-state index contributed by atoms with van der Waals surface area (Å²) in [7, 11) is 1.57. The topological polar surface area (TPSA) is 94.8 Å². The van der Waals surface area contributed by atoms with Crippen LogP contribution >= 0.6 is 11.3 Å². The normalized spacial score (nSPS) is 11.1. The average molecular weight is 539 g/mol. The molecule has 196 valence electrons. The lowest BCUT2D eigenvalue weighted by molar-refractivity contribution is -0.121. The molecule has 3 aromatic carbocycles. The largest absolute Gasteiger partial charge is 0.493 e. The van der Waals surface area contributed by atoms with Gasteiger partial charge in [0.25, 0.3) is 11.5 Å². The number of hydrazone groups is 1. The Morgan fingerprint density at radius 3 is 2.59 bits per heavy atom. The lowest BCUT2D eigenvalue weighted by Gasteiger charge is -2.11. The Hall–Kier alpha value is -4.76. The summed E-state index contributed by atoms with van der Waals surface area (Å²) in [5.41, 5.74) is 5.85. The van der Waals surface area contributed by atoms with Gasteiger partial charge in [0.2, 0.25) is 0 Å². The minimum Gasteiger partial charge on any atom is -0.493 e. The van der Waals surface area contributed by atoms with E-state index in [1.807, 2.05) is 60.0 Å². The molecular formula is C30H26N4O4S. The van der Waals surface area contributed by atoms with Gasteiger partial charge in [-0.1, -0.05) is 60.7 Å². The number of hydrogen-bond acceptors (Lipinski definition) is 7. The van der Waals surface area contributed by atoms with Crippen LogP contribution in [0.4, 0.5) is 0 Å². The van der Waals surface area contributed by atoms with Gasteiger partial charge in [0.1, 0.15) is 11.4 Å². The molecule has 0 unspecified atom stereocenters. The Balaban J connectivity index is 1.21. The first-order chi connectivity index (χ1) is 19.1. The van der Waals surface area contributed by atoms with Gasteiger partial charge in [0.15, 0.2) is 11.5 Å². The Kier molecular flexibility index (Phi) is 8.09. The van der Waals surface area contributed by atoms with Crippen LogP contribution in [0.15, 0.2) is 100 Å². The molecule has 0 atom stereocenters. The third-order valence-corrected chi connectivity index (χ3v) is 6.93. The van der Waals surface area contributed by atoms with Crippen LogP contribution < -0.4 is 20.5 Å². The number of methoxy groups -OCH3 is 1. The predicted molar refractivity (Wildman–Crippen MR) is 154 cm³/mol. The predicted octanol–water partition coefficient (Wildman–Crippen LogP) is 4.91. The molecule has 1 amide bonds. The Morgan fingerprint density at radius 2 is 1.82 bits per heavy atom. The van der Waals surface area contributed by atoms with E-state index in [2.05, 4.69) is 27.6 Å². The highest BCUT2D eigenvalue weighted by atomic mass is 32.1. The van der Waals surface area contributed by atoms with Crippen LogP contribution in [0, 0.1) is 0 Å². The van der Waals surface area contributed by atoms with Crippen molar-refractivity contribution in [3.63, 3.8) is 0 Å². The number of carbonyl (C=O) groups is 1. The minimum atomic E-state index is -0.446. The molecule has 0 spiro atoms. The number of thiophene rings is 1. The van der Waals surface area contributed by atoms with Gasteiger partial charge in [-0.25, -0.2) is 10.4 Å². The van der Waals surface area contributed by atoms with E-state index in [0.717, 1.165) is 17.5 Å². The third-order valence-electron chi connectivity index (χ3n) is 6.04. The fourth-order valence-corrected chi connectivity index (χ4v) is 4.99. The highest BCUT2D eigenvalue weighted by Gasteiger charge is 2.14. The molecule has 5 rings (SSSR count). The Bertz CT molecular complexity index is 1660. The number of nitrogens with zero attached hydrogens (tertiary/aromatic N) is 3.